The fourth-order valence-electron chi connectivity index (χ4n) is 2.88. The lowest BCUT2D eigenvalue weighted by Gasteiger charge is -2.10. The normalized spacial score (nSPS) is 10.7. The molecule has 0 atom stereocenters. The summed E-state index contributed by atoms with van der Waals surface area (Å²) in [5.41, 5.74) is 2.84. The summed E-state index contributed by atoms with van der Waals surface area (Å²) in [6, 6.07) is 17.5. The van der Waals surface area contributed by atoms with Crippen LogP contribution in [0.2, 0.25) is 0 Å². The van der Waals surface area contributed by atoms with E-state index in [4.69, 9.17) is 0 Å². The number of aromatic nitrogens is 3. The maximum Gasteiger partial charge on any atom is 0.216 e. The van der Waals surface area contributed by atoms with Crippen LogP contribution >= 0.6 is 11.8 Å². The molecule has 0 saturated carbocycles. The molecule has 150 valence electrons. The molecule has 6 nitrogen and oxygen atoms in total. The Kier molecular flexibility index (Phi) is 7.19. The number of rotatable bonds is 9. The van der Waals surface area contributed by atoms with E-state index in [0.29, 0.717) is 23.7 Å². The highest BCUT2D eigenvalue weighted by molar-refractivity contribution is 7.99. The Labute approximate surface area is 174 Å². The molecule has 3 rings (SSSR count). The van der Waals surface area contributed by atoms with Crippen molar-refractivity contribution in [3.8, 4) is 5.69 Å². The summed E-state index contributed by atoms with van der Waals surface area (Å²) in [5, 5.41) is 12.0. The van der Waals surface area contributed by atoms with Crippen LogP contribution < -0.4 is 5.32 Å². The molecule has 0 aliphatic carbocycles. The predicted octanol–water partition coefficient (Wildman–Crippen LogP) is 3.48. The highest BCUT2D eigenvalue weighted by Gasteiger charge is 2.16. The number of thioether (sulfide) groups is 1. The minimum absolute atomic E-state index is 0.0556. The molecule has 0 fully saturated rings. The lowest BCUT2D eigenvalue weighted by molar-refractivity contribution is -0.118. The van der Waals surface area contributed by atoms with Crippen LogP contribution in [0.4, 0.5) is 0 Å². The highest BCUT2D eigenvalue weighted by atomic mass is 32.2. The third-order valence-corrected chi connectivity index (χ3v) is 5.38. The Morgan fingerprint density at radius 3 is 2.41 bits per heavy atom. The van der Waals surface area contributed by atoms with Crippen LogP contribution in [0.5, 0.6) is 0 Å². The molecule has 0 unspecified atom stereocenters. The molecule has 0 spiro atoms. The Hall–Kier alpha value is -2.93. The number of aryl methyl sites for hydroxylation is 1. The number of hydrogen-bond acceptors (Lipinski definition) is 5. The number of amides is 1. The van der Waals surface area contributed by atoms with Gasteiger partial charge in [0.1, 0.15) is 5.82 Å². The van der Waals surface area contributed by atoms with Gasteiger partial charge in [0.2, 0.25) is 5.91 Å². The summed E-state index contributed by atoms with van der Waals surface area (Å²) in [5.74, 6) is 1.000. The standard InChI is InChI=1S/C22H24N4O2S/c1-3-17-9-11-18(12-10-17)20(28)15-29-22-25-24-21(13-14-23-16(2)27)26(22)19-7-5-4-6-8-19/h4-12H,3,13-15H2,1-2H3,(H,23,27). The summed E-state index contributed by atoms with van der Waals surface area (Å²) >= 11 is 1.37. The summed E-state index contributed by atoms with van der Waals surface area (Å²) in [6.45, 7) is 4.06. The Morgan fingerprint density at radius 2 is 1.76 bits per heavy atom. The molecule has 0 aliphatic rings. The number of benzene rings is 2. The average molecular weight is 409 g/mol. The van der Waals surface area contributed by atoms with E-state index < -0.39 is 0 Å². The minimum atomic E-state index is -0.0786. The first-order valence-corrected chi connectivity index (χ1v) is 10.6. The van der Waals surface area contributed by atoms with Gasteiger partial charge >= 0.3 is 0 Å². The molecule has 0 saturated heterocycles. The zero-order valence-electron chi connectivity index (χ0n) is 16.6. The third kappa shape index (κ3) is 5.54. The predicted molar refractivity (Wildman–Crippen MR) is 115 cm³/mol. The fraction of sp³-hybridized carbons (Fsp3) is 0.273. The van der Waals surface area contributed by atoms with Gasteiger partial charge in [-0.2, -0.15) is 0 Å². The van der Waals surface area contributed by atoms with Gasteiger partial charge in [-0.05, 0) is 24.1 Å². The minimum Gasteiger partial charge on any atom is -0.356 e. The van der Waals surface area contributed by atoms with Gasteiger partial charge in [-0.3, -0.25) is 14.2 Å². The van der Waals surface area contributed by atoms with E-state index in [1.54, 1.807) is 0 Å². The van der Waals surface area contributed by atoms with Crippen molar-refractivity contribution in [2.75, 3.05) is 12.3 Å². The molecule has 0 radical (unpaired) electrons. The first kappa shape index (κ1) is 20.8. The topological polar surface area (TPSA) is 76.9 Å². The number of carbonyl (C=O) groups is 2. The van der Waals surface area contributed by atoms with Gasteiger partial charge in [-0.25, -0.2) is 0 Å². The van der Waals surface area contributed by atoms with E-state index in [2.05, 4.69) is 22.4 Å². The van der Waals surface area contributed by atoms with Crippen molar-refractivity contribution >= 4 is 23.5 Å². The second kappa shape index (κ2) is 10.0. The van der Waals surface area contributed by atoms with Crippen LogP contribution in [-0.2, 0) is 17.6 Å². The maximum absolute atomic E-state index is 12.6. The van der Waals surface area contributed by atoms with Crippen molar-refractivity contribution in [2.45, 2.75) is 31.8 Å². The van der Waals surface area contributed by atoms with Crippen molar-refractivity contribution in [1.82, 2.24) is 20.1 Å². The summed E-state index contributed by atoms with van der Waals surface area (Å²) < 4.78 is 1.94. The molecule has 3 aromatic rings. The third-order valence-electron chi connectivity index (χ3n) is 4.45. The second-order valence-electron chi connectivity index (χ2n) is 6.57. The maximum atomic E-state index is 12.6. The highest BCUT2D eigenvalue weighted by Crippen LogP contribution is 2.23. The van der Waals surface area contributed by atoms with Crippen LogP contribution in [-0.4, -0.2) is 38.8 Å². The second-order valence-corrected chi connectivity index (χ2v) is 7.51. The lowest BCUT2D eigenvalue weighted by atomic mass is 10.1. The summed E-state index contributed by atoms with van der Waals surface area (Å²) in [6.07, 6.45) is 1.50. The molecule has 0 aliphatic heterocycles. The van der Waals surface area contributed by atoms with Crippen LogP contribution in [0.25, 0.3) is 5.69 Å². The van der Waals surface area contributed by atoms with Crippen molar-refractivity contribution < 1.29 is 9.59 Å². The quantitative estimate of drug-likeness (QED) is 0.433. The Balaban J connectivity index is 1.76. The number of carbonyl (C=O) groups excluding carboxylic acids is 2. The monoisotopic (exact) mass is 408 g/mol. The average Bonchev–Trinajstić information content (AvgIpc) is 3.15. The molecular formula is C22H24N4O2S. The Bertz CT molecular complexity index is 968. The van der Waals surface area contributed by atoms with Gasteiger partial charge in [0, 0.05) is 31.1 Å². The van der Waals surface area contributed by atoms with E-state index in [1.807, 2.05) is 59.2 Å². The number of nitrogens with one attached hydrogen (secondary N) is 1. The number of Topliss-reactive ketones (excluding diaryl/α,β-unsaturated/α-hetero) is 1. The van der Waals surface area contributed by atoms with Crippen LogP contribution in [0.15, 0.2) is 59.8 Å². The Morgan fingerprint density at radius 1 is 1.03 bits per heavy atom. The van der Waals surface area contributed by atoms with Gasteiger partial charge < -0.3 is 5.32 Å². The van der Waals surface area contributed by atoms with Gasteiger partial charge in [-0.1, -0.05) is 61.2 Å². The van der Waals surface area contributed by atoms with Gasteiger partial charge in [0.05, 0.1) is 5.75 Å². The number of para-hydroxylation sites is 1. The van der Waals surface area contributed by atoms with Crippen LogP contribution in [0.1, 0.15) is 35.6 Å². The largest absolute Gasteiger partial charge is 0.356 e. The number of hydrogen-bond donors (Lipinski definition) is 1. The van der Waals surface area contributed by atoms with E-state index in [1.165, 1.54) is 24.2 Å². The van der Waals surface area contributed by atoms with Crippen molar-refractivity contribution in [3.63, 3.8) is 0 Å². The molecule has 0 bridgehead atoms. The molecular weight excluding hydrogens is 384 g/mol. The van der Waals surface area contributed by atoms with Crippen LogP contribution in [0.3, 0.4) is 0 Å². The molecule has 29 heavy (non-hydrogen) atoms. The van der Waals surface area contributed by atoms with Crippen molar-refractivity contribution in [3.05, 3.63) is 71.5 Å². The van der Waals surface area contributed by atoms with E-state index in [-0.39, 0.29) is 17.4 Å². The first-order chi connectivity index (χ1) is 14.1. The summed E-state index contributed by atoms with van der Waals surface area (Å²) in [4.78, 5) is 23.7. The lowest BCUT2D eigenvalue weighted by Crippen LogP contribution is -2.23. The fourth-order valence-corrected chi connectivity index (χ4v) is 3.75. The molecule has 7 heteroatoms. The van der Waals surface area contributed by atoms with E-state index in [9.17, 15) is 9.59 Å². The molecule has 1 N–H and O–H groups in total. The van der Waals surface area contributed by atoms with Crippen LogP contribution in [0, 0.1) is 0 Å². The molecule has 1 heterocycles. The van der Waals surface area contributed by atoms with Crippen molar-refractivity contribution in [2.24, 2.45) is 0 Å². The molecule has 1 amide bonds. The molecule has 2 aromatic carbocycles. The summed E-state index contributed by atoms with van der Waals surface area (Å²) in [7, 11) is 0. The van der Waals surface area contributed by atoms with Gasteiger partial charge in [0.25, 0.3) is 0 Å². The van der Waals surface area contributed by atoms with E-state index >= 15 is 0 Å². The van der Waals surface area contributed by atoms with Gasteiger partial charge in [-0.15, -0.1) is 10.2 Å². The number of nitrogens with zero attached hydrogens (tertiary/aromatic N) is 3. The zero-order chi connectivity index (χ0) is 20.6. The zero-order valence-corrected chi connectivity index (χ0v) is 17.4. The SMILES string of the molecule is CCc1ccc(C(=O)CSc2nnc(CCNC(C)=O)n2-c2ccccc2)cc1. The van der Waals surface area contributed by atoms with Gasteiger partial charge in [0.15, 0.2) is 10.9 Å². The smallest absolute Gasteiger partial charge is 0.216 e. The first-order valence-electron chi connectivity index (χ1n) is 9.57. The van der Waals surface area contributed by atoms with Crippen molar-refractivity contribution in [1.29, 1.82) is 0 Å². The van der Waals surface area contributed by atoms with E-state index in [0.717, 1.165) is 17.9 Å². The molecule has 1 aromatic heterocycles. The number of ketones is 1.